The Kier molecular flexibility index (Phi) is 5.47. The molecule has 3 nitrogen and oxygen atoms in total. The van der Waals surface area contributed by atoms with Crippen molar-refractivity contribution in [2.45, 2.75) is 6.92 Å². The molecule has 0 aromatic heterocycles. The van der Waals surface area contributed by atoms with Crippen LogP contribution in [0.4, 0.5) is 11.4 Å². The summed E-state index contributed by atoms with van der Waals surface area (Å²) in [6, 6.07) is 12.8. The molecule has 0 fully saturated rings. The number of nitrogens with two attached hydrogens (primary N) is 1. The zero-order valence-corrected chi connectivity index (χ0v) is 13.8. The molecule has 0 aliphatic carbocycles. The van der Waals surface area contributed by atoms with Crippen molar-refractivity contribution in [3.05, 3.63) is 70.7 Å². The van der Waals surface area contributed by atoms with E-state index < -0.39 is 0 Å². The van der Waals surface area contributed by atoms with Gasteiger partial charge in [0.1, 0.15) is 0 Å². The van der Waals surface area contributed by atoms with Crippen LogP contribution in [0.3, 0.4) is 0 Å². The number of benzene rings is 2. The molecular weight excluding hydrogens is 317 g/mol. The van der Waals surface area contributed by atoms with Gasteiger partial charge >= 0.3 is 0 Å². The van der Waals surface area contributed by atoms with Crippen LogP contribution in [0.15, 0.2) is 60.2 Å². The first-order valence-electron chi connectivity index (χ1n) is 6.76. The Bertz CT molecular complexity index is 694. The Labute approximate surface area is 140 Å². The molecule has 0 saturated heterocycles. The van der Waals surface area contributed by atoms with Crippen LogP contribution in [-0.2, 0) is 0 Å². The lowest BCUT2D eigenvalue weighted by atomic mass is 10.1. The highest BCUT2D eigenvalue weighted by molar-refractivity contribution is 6.31. The van der Waals surface area contributed by atoms with Gasteiger partial charge in [0.05, 0.1) is 17.9 Å². The average Bonchev–Trinajstić information content (AvgIpc) is 2.50. The molecule has 0 aliphatic rings. The van der Waals surface area contributed by atoms with Gasteiger partial charge < -0.3 is 5.73 Å². The molecule has 0 unspecified atom stereocenters. The Hall–Kier alpha value is -1.97. The minimum Gasteiger partial charge on any atom is -0.398 e. The van der Waals surface area contributed by atoms with Crippen LogP contribution >= 0.6 is 23.2 Å². The van der Waals surface area contributed by atoms with E-state index >= 15 is 0 Å². The first-order valence-corrected chi connectivity index (χ1v) is 7.51. The highest BCUT2D eigenvalue weighted by Gasteiger charge is 2.08. The minimum absolute atomic E-state index is 0.569. The van der Waals surface area contributed by atoms with Gasteiger partial charge in [0.15, 0.2) is 0 Å². The number of hydrogen-bond acceptors (Lipinski definition) is 3. The third kappa shape index (κ3) is 4.03. The van der Waals surface area contributed by atoms with Gasteiger partial charge in [0, 0.05) is 21.3 Å². The van der Waals surface area contributed by atoms with E-state index in [2.05, 4.69) is 11.7 Å². The molecule has 0 radical (unpaired) electrons. The molecule has 2 rings (SSSR count). The topological polar surface area (TPSA) is 41.6 Å². The first kappa shape index (κ1) is 16.4. The highest BCUT2D eigenvalue weighted by Crippen LogP contribution is 2.22. The predicted molar refractivity (Wildman–Crippen MR) is 97.1 cm³/mol. The second kappa shape index (κ2) is 7.34. The molecule has 0 saturated carbocycles. The fourth-order valence-corrected chi connectivity index (χ4v) is 2.31. The summed E-state index contributed by atoms with van der Waals surface area (Å²) in [7, 11) is 0. The molecule has 2 aromatic carbocycles. The number of nitrogens with zero attached hydrogens (tertiary/aromatic N) is 2. The van der Waals surface area contributed by atoms with Gasteiger partial charge in [0.25, 0.3) is 0 Å². The molecule has 0 amide bonds. The Morgan fingerprint density at radius 3 is 2.45 bits per heavy atom. The number of hydrazone groups is 1. The van der Waals surface area contributed by atoms with Crippen molar-refractivity contribution in [1.29, 1.82) is 0 Å². The Morgan fingerprint density at radius 2 is 1.82 bits per heavy atom. The van der Waals surface area contributed by atoms with Crippen LogP contribution in [-0.4, -0.2) is 12.3 Å². The van der Waals surface area contributed by atoms with Gasteiger partial charge in [-0.1, -0.05) is 29.3 Å². The Balaban J connectivity index is 2.38. The fraction of sp³-hybridized carbons (Fsp3) is 0.118. The highest BCUT2D eigenvalue weighted by atomic mass is 35.5. The molecule has 0 heterocycles. The summed E-state index contributed by atoms with van der Waals surface area (Å²) in [4.78, 5) is 0. The summed E-state index contributed by atoms with van der Waals surface area (Å²) in [5.41, 5.74) is 9.15. The molecule has 2 N–H and O–H groups in total. The van der Waals surface area contributed by atoms with Crippen molar-refractivity contribution in [3.8, 4) is 0 Å². The lowest BCUT2D eigenvalue weighted by Gasteiger charge is -2.19. The monoisotopic (exact) mass is 333 g/mol. The molecule has 0 spiro atoms. The predicted octanol–water partition coefficient (Wildman–Crippen LogP) is 4.99. The lowest BCUT2D eigenvalue weighted by molar-refractivity contribution is 0.940. The van der Waals surface area contributed by atoms with Crippen LogP contribution in [0.25, 0.3) is 0 Å². The fourth-order valence-electron chi connectivity index (χ4n) is 2.02. The third-order valence-electron chi connectivity index (χ3n) is 3.10. The van der Waals surface area contributed by atoms with Crippen LogP contribution in [0.1, 0.15) is 12.5 Å². The van der Waals surface area contributed by atoms with Gasteiger partial charge in [-0.25, -0.2) is 0 Å². The lowest BCUT2D eigenvalue weighted by Crippen LogP contribution is -2.18. The summed E-state index contributed by atoms with van der Waals surface area (Å²) in [5, 5.41) is 7.78. The summed E-state index contributed by atoms with van der Waals surface area (Å²) >= 11 is 12.0. The molecule has 0 atom stereocenters. The van der Waals surface area contributed by atoms with Crippen molar-refractivity contribution >= 4 is 40.3 Å². The summed E-state index contributed by atoms with van der Waals surface area (Å²) < 4.78 is 0. The zero-order chi connectivity index (χ0) is 16.1. The number of halogens is 2. The number of nitrogen functional groups attached to an aromatic ring is 1. The van der Waals surface area contributed by atoms with Crippen molar-refractivity contribution in [2.24, 2.45) is 5.10 Å². The van der Waals surface area contributed by atoms with Gasteiger partial charge in [-0.3, -0.25) is 5.01 Å². The summed E-state index contributed by atoms with van der Waals surface area (Å²) in [5.74, 6) is 0. The largest absolute Gasteiger partial charge is 0.398 e. The van der Waals surface area contributed by atoms with Crippen LogP contribution in [0, 0.1) is 0 Å². The zero-order valence-electron chi connectivity index (χ0n) is 12.3. The van der Waals surface area contributed by atoms with E-state index in [1.165, 1.54) is 0 Å². The first-order chi connectivity index (χ1) is 10.5. The van der Waals surface area contributed by atoms with E-state index in [1.54, 1.807) is 18.2 Å². The quantitative estimate of drug-likeness (QED) is 0.362. The van der Waals surface area contributed by atoms with E-state index in [0.717, 1.165) is 17.0 Å². The van der Waals surface area contributed by atoms with Crippen LogP contribution in [0.2, 0.25) is 10.0 Å². The summed E-state index contributed by atoms with van der Waals surface area (Å²) in [6.45, 7) is 6.24. The van der Waals surface area contributed by atoms with E-state index in [1.807, 2.05) is 42.3 Å². The van der Waals surface area contributed by atoms with Crippen molar-refractivity contribution in [2.75, 3.05) is 17.3 Å². The van der Waals surface area contributed by atoms with Crippen LogP contribution < -0.4 is 10.7 Å². The van der Waals surface area contributed by atoms with Crippen molar-refractivity contribution < 1.29 is 0 Å². The smallest absolute Gasteiger partial charge is 0.0672 e. The maximum atomic E-state index is 6.04. The summed E-state index contributed by atoms with van der Waals surface area (Å²) in [6.07, 6.45) is 1.78. The standard InChI is InChI=1S/C17H17Cl2N3/c1-3-10-22(15-7-4-13(18)5-8-15)21-12(2)16-11-14(19)6-9-17(16)20/h3-9,11H,1,10,20H2,2H3/b21-12+. The van der Waals surface area contributed by atoms with Gasteiger partial charge in [-0.2, -0.15) is 5.10 Å². The van der Waals surface area contributed by atoms with Gasteiger partial charge in [0.2, 0.25) is 0 Å². The van der Waals surface area contributed by atoms with E-state index in [4.69, 9.17) is 28.9 Å². The van der Waals surface area contributed by atoms with Crippen molar-refractivity contribution in [1.82, 2.24) is 0 Å². The van der Waals surface area contributed by atoms with E-state index in [9.17, 15) is 0 Å². The van der Waals surface area contributed by atoms with Gasteiger partial charge in [-0.15, -0.1) is 6.58 Å². The average molecular weight is 334 g/mol. The second-order valence-corrected chi connectivity index (χ2v) is 5.64. The van der Waals surface area contributed by atoms with Gasteiger partial charge in [-0.05, 0) is 49.4 Å². The number of anilines is 2. The second-order valence-electron chi connectivity index (χ2n) is 4.76. The third-order valence-corrected chi connectivity index (χ3v) is 3.59. The molecule has 22 heavy (non-hydrogen) atoms. The Morgan fingerprint density at radius 1 is 1.18 bits per heavy atom. The molecule has 114 valence electrons. The maximum Gasteiger partial charge on any atom is 0.0672 e. The van der Waals surface area contributed by atoms with E-state index in [0.29, 0.717) is 22.3 Å². The number of hydrogen-bond donors (Lipinski definition) is 1. The van der Waals surface area contributed by atoms with Crippen molar-refractivity contribution in [3.63, 3.8) is 0 Å². The number of rotatable bonds is 5. The van der Waals surface area contributed by atoms with Crippen LogP contribution in [0.5, 0.6) is 0 Å². The minimum atomic E-state index is 0.569. The SMILES string of the molecule is C=CCN(/N=C(\C)c1cc(Cl)ccc1N)c1ccc(Cl)cc1. The normalized spacial score (nSPS) is 11.3. The van der Waals surface area contributed by atoms with E-state index in [-0.39, 0.29) is 0 Å². The maximum absolute atomic E-state index is 6.04. The molecule has 0 aliphatic heterocycles. The molecule has 2 aromatic rings. The molecule has 5 heteroatoms. The molecule has 0 bridgehead atoms. The molecular formula is C17H17Cl2N3.